The van der Waals surface area contributed by atoms with Crippen LogP contribution in [0.2, 0.25) is 0 Å². The number of benzene rings is 4. The first-order chi connectivity index (χ1) is 23.8. The zero-order chi connectivity index (χ0) is 32.1. The molecule has 4 aromatic heterocycles. The zero-order valence-electron chi connectivity index (χ0n) is 26.0. The van der Waals surface area contributed by atoms with Gasteiger partial charge in [-0.1, -0.05) is 121 Å². The minimum absolute atomic E-state index is 0.780. The van der Waals surface area contributed by atoms with Crippen LogP contribution in [0.25, 0.3) is 78.9 Å². The first kappa shape index (κ1) is 28.9. The van der Waals surface area contributed by atoms with Crippen molar-refractivity contribution in [2.24, 2.45) is 0 Å². The van der Waals surface area contributed by atoms with Crippen molar-refractivity contribution in [3.8, 4) is 78.9 Å². The zero-order valence-corrected chi connectivity index (χ0v) is 26.0. The summed E-state index contributed by atoms with van der Waals surface area (Å²) in [7, 11) is 0. The molecular formula is C43H29N5. The molecule has 0 radical (unpaired) electrons. The maximum atomic E-state index is 5.44. The van der Waals surface area contributed by atoms with Crippen molar-refractivity contribution in [1.82, 2.24) is 24.9 Å². The van der Waals surface area contributed by atoms with Crippen molar-refractivity contribution < 1.29 is 0 Å². The Morgan fingerprint density at radius 2 is 0.646 bits per heavy atom. The van der Waals surface area contributed by atoms with Crippen LogP contribution in [0.1, 0.15) is 0 Å². The lowest BCUT2D eigenvalue weighted by atomic mass is 9.96. The number of hydrogen-bond acceptors (Lipinski definition) is 5. The van der Waals surface area contributed by atoms with Gasteiger partial charge in [0.2, 0.25) is 0 Å². The van der Waals surface area contributed by atoms with Crippen molar-refractivity contribution in [2.75, 3.05) is 0 Å². The molecule has 0 atom stereocenters. The van der Waals surface area contributed by atoms with Crippen molar-refractivity contribution >= 4 is 0 Å². The van der Waals surface area contributed by atoms with Gasteiger partial charge in [-0.25, -0.2) is 15.0 Å². The summed E-state index contributed by atoms with van der Waals surface area (Å²) in [5, 5.41) is 0. The van der Waals surface area contributed by atoms with Gasteiger partial charge in [-0.05, 0) is 53.6 Å². The Morgan fingerprint density at radius 3 is 1.08 bits per heavy atom. The average Bonchev–Trinajstić information content (AvgIpc) is 3.19. The first-order valence-electron chi connectivity index (χ1n) is 15.8. The second-order valence-corrected chi connectivity index (χ2v) is 11.4. The number of hydrogen-bond donors (Lipinski definition) is 0. The molecule has 48 heavy (non-hydrogen) atoms. The maximum Gasteiger partial charge on any atom is 0.0973 e. The van der Waals surface area contributed by atoms with E-state index >= 15 is 0 Å². The second kappa shape index (κ2) is 13.0. The molecule has 4 heterocycles. The van der Waals surface area contributed by atoms with Crippen LogP contribution < -0.4 is 0 Å². The van der Waals surface area contributed by atoms with Gasteiger partial charge in [0, 0.05) is 34.6 Å². The molecule has 0 aliphatic rings. The minimum Gasteiger partial charge on any atom is -0.255 e. The van der Waals surface area contributed by atoms with Gasteiger partial charge in [-0.15, -0.1) is 0 Å². The van der Waals surface area contributed by atoms with Gasteiger partial charge in [0.15, 0.2) is 0 Å². The molecule has 0 saturated carbocycles. The van der Waals surface area contributed by atoms with Gasteiger partial charge in [0.1, 0.15) is 0 Å². The van der Waals surface area contributed by atoms with E-state index in [4.69, 9.17) is 15.0 Å². The van der Waals surface area contributed by atoms with Gasteiger partial charge in [0.05, 0.1) is 45.6 Å². The standard InChI is InChI=1S/C43H29N5/c1-4-15-30(16-5-1)40-41(31-17-6-2-7-18-31)48-43(42(47-40)32-19-8-3-9-20-32)34-22-14-21-33(27-34)35-28-38(36-23-10-12-25-44-36)46-39(29-35)37-24-11-13-26-45-37/h1-29H. The highest BCUT2D eigenvalue weighted by molar-refractivity contribution is 5.88. The Hall–Kier alpha value is -6.59. The van der Waals surface area contributed by atoms with Crippen LogP contribution in [0.4, 0.5) is 0 Å². The molecule has 226 valence electrons. The fourth-order valence-electron chi connectivity index (χ4n) is 5.86. The summed E-state index contributed by atoms with van der Waals surface area (Å²) < 4.78 is 0. The number of pyridine rings is 3. The topological polar surface area (TPSA) is 64.5 Å². The van der Waals surface area contributed by atoms with E-state index in [0.717, 1.165) is 78.9 Å². The second-order valence-electron chi connectivity index (χ2n) is 11.4. The predicted molar refractivity (Wildman–Crippen MR) is 193 cm³/mol. The van der Waals surface area contributed by atoms with Gasteiger partial charge in [-0.3, -0.25) is 9.97 Å². The normalized spacial score (nSPS) is 10.9. The molecule has 0 saturated heterocycles. The predicted octanol–water partition coefficient (Wildman–Crippen LogP) is 10.3. The summed E-state index contributed by atoms with van der Waals surface area (Å²) in [5.74, 6) is 0. The van der Waals surface area contributed by atoms with Crippen LogP contribution in [0.15, 0.2) is 176 Å². The van der Waals surface area contributed by atoms with Gasteiger partial charge < -0.3 is 0 Å². The van der Waals surface area contributed by atoms with Crippen LogP contribution in [-0.2, 0) is 0 Å². The van der Waals surface area contributed by atoms with Crippen molar-refractivity contribution in [3.63, 3.8) is 0 Å². The van der Waals surface area contributed by atoms with Crippen LogP contribution in [-0.4, -0.2) is 24.9 Å². The van der Waals surface area contributed by atoms with E-state index in [1.807, 2.05) is 91.0 Å². The summed E-state index contributed by atoms with van der Waals surface area (Å²) in [5.41, 5.74) is 12.5. The highest BCUT2D eigenvalue weighted by Gasteiger charge is 2.20. The van der Waals surface area contributed by atoms with E-state index < -0.39 is 0 Å². The number of aromatic nitrogens is 5. The van der Waals surface area contributed by atoms with Gasteiger partial charge >= 0.3 is 0 Å². The summed E-state index contributed by atoms with van der Waals surface area (Å²) in [6.07, 6.45) is 3.58. The Kier molecular flexibility index (Phi) is 7.83. The van der Waals surface area contributed by atoms with Crippen molar-refractivity contribution in [3.05, 3.63) is 176 Å². The molecule has 8 rings (SSSR count). The van der Waals surface area contributed by atoms with E-state index in [1.54, 1.807) is 12.4 Å². The van der Waals surface area contributed by atoms with Crippen LogP contribution >= 0.6 is 0 Å². The quantitative estimate of drug-likeness (QED) is 0.178. The SMILES string of the molecule is c1ccc(-c2nc(-c3ccccc3)c(-c3cccc(-c4cc(-c5ccccn5)nc(-c5ccccn5)c4)c3)nc2-c2ccccc2)cc1. The highest BCUT2D eigenvalue weighted by Crippen LogP contribution is 2.38. The molecule has 5 heteroatoms. The highest BCUT2D eigenvalue weighted by atomic mass is 14.9. The third-order valence-electron chi connectivity index (χ3n) is 8.19. The van der Waals surface area contributed by atoms with Crippen LogP contribution in [0, 0.1) is 0 Å². The lowest BCUT2D eigenvalue weighted by Crippen LogP contribution is -2.01. The van der Waals surface area contributed by atoms with E-state index in [-0.39, 0.29) is 0 Å². The Labute approximate surface area is 279 Å². The molecule has 0 aliphatic heterocycles. The monoisotopic (exact) mass is 615 g/mol. The summed E-state index contributed by atoms with van der Waals surface area (Å²) >= 11 is 0. The molecule has 4 aromatic carbocycles. The fourth-order valence-corrected chi connectivity index (χ4v) is 5.86. The summed E-state index contributed by atoms with van der Waals surface area (Å²) in [6, 6.07) is 55.3. The van der Waals surface area contributed by atoms with E-state index in [0.29, 0.717) is 0 Å². The lowest BCUT2D eigenvalue weighted by molar-refractivity contribution is 1.21. The maximum absolute atomic E-state index is 5.44. The van der Waals surface area contributed by atoms with Gasteiger partial charge in [-0.2, -0.15) is 0 Å². The molecule has 0 bridgehead atoms. The Bertz CT molecular complexity index is 2250. The third-order valence-corrected chi connectivity index (χ3v) is 8.19. The first-order valence-corrected chi connectivity index (χ1v) is 15.8. The largest absolute Gasteiger partial charge is 0.255 e. The number of rotatable bonds is 7. The van der Waals surface area contributed by atoms with Crippen molar-refractivity contribution in [1.29, 1.82) is 0 Å². The Balaban J connectivity index is 1.34. The molecule has 0 amide bonds. The smallest absolute Gasteiger partial charge is 0.0973 e. The summed E-state index contributed by atoms with van der Waals surface area (Å²) in [6.45, 7) is 0. The molecule has 0 N–H and O–H groups in total. The molecule has 5 nitrogen and oxygen atoms in total. The van der Waals surface area contributed by atoms with E-state index in [9.17, 15) is 0 Å². The molecule has 0 unspecified atom stereocenters. The molecule has 8 aromatic rings. The molecular weight excluding hydrogens is 587 g/mol. The number of nitrogens with zero attached hydrogens (tertiary/aromatic N) is 5. The van der Waals surface area contributed by atoms with E-state index in [2.05, 4.69) is 82.8 Å². The molecule has 0 aliphatic carbocycles. The lowest BCUT2D eigenvalue weighted by Gasteiger charge is -2.16. The summed E-state index contributed by atoms with van der Waals surface area (Å²) in [4.78, 5) is 25.0. The Morgan fingerprint density at radius 1 is 0.250 bits per heavy atom. The fraction of sp³-hybridized carbons (Fsp3) is 0. The molecule has 0 spiro atoms. The average molecular weight is 616 g/mol. The van der Waals surface area contributed by atoms with E-state index in [1.165, 1.54) is 0 Å². The molecule has 0 fully saturated rings. The van der Waals surface area contributed by atoms with Crippen LogP contribution in [0.5, 0.6) is 0 Å². The van der Waals surface area contributed by atoms with Crippen molar-refractivity contribution in [2.45, 2.75) is 0 Å². The minimum atomic E-state index is 0.780. The van der Waals surface area contributed by atoms with Gasteiger partial charge in [0.25, 0.3) is 0 Å². The van der Waals surface area contributed by atoms with Crippen LogP contribution in [0.3, 0.4) is 0 Å². The third kappa shape index (κ3) is 5.88.